The fourth-order valence-corrected chi connectivity index (χ4v) is 11.9. The van der Waals surface area contributed by atoms with Crippen LogP contribution in [0.4, 0.5) is 0 Å². The van der Waals surface area contributed by atoms with Gasteiger partial charge in [0.25, 0.3) is 0 Å². The highest BCUT2D eigenvalue weighted by atomic mass is 16.7. The van der Waals surface area contributed by atoms with Crippen molar-refractivity contribution in [1.29, 1.82) is 0 Å². The van der Waals surface area contributed by atoms with Crippen LogP contribution >= 0.6 is 0 Å². The van der Waals surface area contributed by atoms with Crippen LogP contribution in [0.25, 0.3) is 0 Å². The van der Waals surface area contributed by atoms with Gasteiger partial charge in [-0.25, -0.2) is 0 Å². The Morgan fingerprint density at radius 1 is 0.598 bits per heavy atom. The van der Waals surface area contributed by atoms with Crippen LogP contribution in [0, 0.1) is 5.92 Å². The number of hydrogen-bond donors (Lipinski definition) is 22. The van der Waals surface area contributed by atoms with Gasteiger partial charge in [-0.3, -0.25) is 43.5 Å². The van der Waals surface area contributed by atoms with Gasteiger partial charge in [-0.1, -0.05) is 63.2 Å². The number of benzene rings is 2. The van der Waals surface area contributed by atoms with E-state index in [-0.39, 0.29) is 36.2 Å². The second kappa shape index (κ2) is 33.3. The number of rotatable bonds is 20. The molecule has 6 aliphatic rings. The zero-order valence-corrected chi connectivity index (χ0v) is 52.7. The molecule has 0 spiro atoms. The summed E-state index contributed by atoms with van der Waals surface area (Å²) in [5.41, 5.74) is 12.8. The van der Waals surface area contributed by atoms with Crippen LogP contribution in [0.15, 0.2) is 64.6 Å². The molecule has 0 aromatic heterocycles. The molecule has 10 unspecified atom stereocenters. The van der Waals surface area contributed by atoms with Crippen molar-refractivity contribution < 1.29 is 128 Å². The van der Waals surface area contributed by atoms with Crippen molar-refractivity contribution in [3.63, 3.8) is 0 Å². The van der Waals surface area contributed by atoms with Gasteiger partial charge in [0.15, 0.2) is 30.5 Å². The summed E-state index contributed by atoms with van der Waals surface area (Å²) in [5, 5.41) is 160. The van der Waals surface area contributed by atoms with Crippen molar-refractivity contribution >= 4 is 53.3 Å². The quantitative estimate of drug-likeness (QED) is 0.0547. The fourth-order valence-electron chi connectivity index (χ4n) is 11.9. The molecule has 38 heteroatoms. The van der Waals surface area contributed by atoms with E-state index in [0.29, 0.717) is 5.56 Å². The third-order valence-electron chi connectivity index (χ3n) is 17.3. The number of carbonyl (C=O) groups is 7. The van der Waals surface area contributed by atoms with Crippen LogP contribution in [-0.2, 0) is 63.7 Å². The summed E-state index contributed by atoms with van der Waals surface area (Å²) < 4.78 is 34.1. The van der Waals surface area contributed by atoms with E-state index in [1.54, 1.807) is 51.1 Å². The van der Waals surface area contributed by atoms with E-state index in [1.807, 2.05) is 0 Å². The van der Waals surface area contributed by atoms with Crippen molar-refractivity contribution in [2.24, 2.45) is 27.4 Å². The lowest BCUT2D eigenvalue weighted by Gasteiger charge is -2.46. The molecule has 6 heterocycles. The molecule has 97 heavy (non-hydrogen) atoms. The molecule has 0 saturated carbocycles. The number of ether oxygens (including phenoxy) is 6. The molecule has 0 aliphatic carbocycles. The van der Waals surface area contributed by atoms with Crippen molar-refractivity contribution in [3.8, 4) is 5.75 Å². The summed E-state index contributed by atoms with van der Waals surface area (Å²) >= 11 is 0. The highest BCUT2D eigenvalue weighted by molar-refractivity contribution is 5.98. The first-order chi connectivity index (χ1) is 46.1. The van der Waals surface area contributed by atoms with Gasteiger partial charge >= 0.3 is 5.97 Å². The van der Waals surface area contributed by atoms with Gasteiger partial charge in [0.05, 0.1) is 58.1 Å². The zero-order chi connectivity index (χ0) is 70.9. The van der Waals surface area contributed by atoms with Crippen LogP contribution in [0.3, 0.4) is 0 Å². The minimum atomic E-state index is -2.35. The maximum Gasteiger partial charge on any atom is 0.306 e. The molecule has 24 N–H and O–H groups in total. The third-order valence-corrected chi connectivity index (χ3v) is 17.3. The number of aliphatic imine (C=N–C) groups is 2. The van der Waals surface area contributed by atoms with Gasteiger partial charge in [0.1, 0.15) is 115 Å². The minimum Gasteiger partial charge on any atom is -0.462 e. The van der Waals surface area contributed by atoms with E-state index in [0.717, 1.165) is 4.90 Å². The SMILES string of the molecule is CC(C)CC(=O)O[C@@H]1[C@@H](O)[C@@H](O)[C@H](O[C@H]2[C@H](O)[C@H](O)[C@@H](Oc3ccc(CC4NC(=O)C(C(C)c5ccccc5)NC(=O)CNC(=O)C(CO)NC(=O)C(C(O)C5CN=C(N)N5[C@H]5O[C@H](CO)[C@@H](O)[C@H](O)[C@@H]5O)NC(=O)C(C(O)C5CN=C(N)N5)NC4=O)cc3)O[C@@H]2CO)O[C@H]1CO. The molecule has 25 atom stereocenters. The van der Waals surface area contributed by atoms with Crippen molar-refractivity contribution in [1.82, 2.24) is 42.1 Å². The van der Waals surface area contributed by atoms with E-state index in [2.05, 4.69) is 47.2 Å². The van der Waals surface area contributed by atoms with Crippen molar-refractivity contribution in [2.45, 2.75) is 186 Å². The molecule has 38 nitrogen and oxygen atoms in total. The molecule has 8 rings (SSSR count). The number of amides is 6. The number of nitrogens with one attached hydrogen (secondary N) is 7. The van der Waals surface area contributed by atoms with Crippen LogP contribution in [0.5, 0.6) is 5.75 Å². The lowest BCUT2D eigenvalue weighted by Crippen LogP contribution is -2.70. The van der Waals surface area contributed by atoms with E-state index in [1.165, 1.54) is 24.3 Å². The molecular weight excluding hydrogens is 1290 g/mol. The summed E-state index contributed by atoms with van der Waals surface area (Å²) in [6.07, 6.45) is -31.9. The Bertz CT molecular complexity index is 3100. The predicted octanol–water partition coefficient (Wildman–Crippen LogP) is -12.0. The normalized spacial score (nSPS) is 35.9. The van der Waals surface area contributed by atoms with Gasteiger partial charge < -0.3 is 148 Å². The Balaban J connectivity index is 1.08. The Hall–Kier alpha value is -7.61. The van der Waals surface area contributed by atoms with E-state index in [9.17, 15) is 90.4 Å². The van der Waals surface area contributed by atoms with Crippen molar-refractivity contribution in [3.05, 3.63) is 65.7 Å². The maximum absolute atomic E-state index is 15.2. The van der Waals surface area contributed by atoms with Gasteiger partial charge in [-0.05, 0) is 29.2 Å². The molecule has 4 saturated heterocycles. The number of carbonyl (C=O) groups excluding carboxylic acids is 7. The van der Waals surface area contributed by atoms with E-state index >= 15 is 9.59 Å². The molecule has 6 amide bonds. The van der Waals surface area contributed by atoms with Crippen molar-refractivity contribution in [2.75, 3.05) is 46.1 Å². The smallest absolute Gasteiger partial charge is 0.306 e. The average molecular weight is 1380 g/mol. The first-order valence-electron chi connectivity index (χ1n) is 31.2. The second-order valence-electron chi connectivity index (χ2n) is 24.6. The number of hydrogen-bond acceptors (Lipinski definition) is 32. The van der Waals surface area contributed by atoms with E-state index < -0.39 is 246 Å². The summed E-state index contributed by atoms with van der Waals surface area (Å²) in [4.78, 5) is 109. The summed E-state index contributed by atoms with van der Waals surface area (Å²) in [6.45, 7) is -0.556. The molecule has 6 aliphatic heterocycles. The maximum atomic E-state index is 15.2. The van der Waals surface area contributed by atoms with Crippen LogP contribution in [0.2, 0.25) is 0 Å². The van der Waals surface area contributed by atoms with Gasteiger partial charge in [0, 0.05) is 18.8 Å². The second-order valence-corrected chi connectivity index (χ2v) is 24.6. The van der Waals surface area contributed by atoms with E-state index in [4.69, 9.17) is 39.9 Å². The van der Waals surface area contributed by atoms with Crippen LogP contribution in [0.1, 0.15) is 44.2 Å². The van der Waals surface area contributed by atoms with Gasteiger partial charge in [-0.2, -0.15) is 0 Å². The average Bonchev–Trinajstić information content (AvgIpc) is 1.74. The monoisotopic (exact) mass is 1380 g/mol. The molecule has 4 fully saturated rings. The van der Waals surface area contributed by atoms with Crippen LogP contribution in [-0.4, -0.2) is 317 Å². The standard InChI is InChI=1S/C59H86N12O26/c1-22(2)13-35(77)96-48-32(20-74)95-57(47(86)43(48)82)97-49-33(21-75)94-56(46(85)44(49)83)92-26-11-9-24(10-12-26)14-27-51(88)69-37(39(78)28-15-63-58(60)67-28)54(91)70-38(40(79)30-16-64-59(61)71(30)55-45(84)42(81)41(80)31(19-73)93-55)53(90)66-29(18-72)50(87)62-17-34(76)68-36(52(89)65-27)23(3)25-7-5-4-6-8-25/h4-12,22-23,27-33,36-49,55-57,72-75,78-86H,13-21H2,1-3H3,(H2,61,64)(H,62,87)(H,65,89)(H,66,90)(H,68,76)(H,69,88)(H,70,91)(H3,60,63,67)/t23?,27?,28?,29?,30?,31-,32+,33-,36?,37?,38?,39?,40?,41-,42+,43+,44-,45+,46+,47-,48+,49-,55+,56+,57+/m1/s1. The topological polar surface area (TPSA) is 602 Å². The molecule has 0 radical (unpaired) electrons. The lowest BCUT2D eigenvalue weighted by molar-refractivity contribution is -0.353. The molecular formula is C59H86N12O26. The number of guanidine groups is 2. The predicted molar refractivity (Wildman–Crippen MR) is 326 cm³/mol. The van der Waals surface area contributed by atoms with Gasteiger partial charge in [-0.15, -0.1) is 0 Å². The number of nitrogens with two attached hydrogens (primary N) is 2. The Labute approximate surface area is 553 Å². The Morgan fingerprint density at radius 3 is 1.81 bits per heavy atom. The zero-order valence-electron chi connectivity index (χ0n) is 52.7. The van der Waals surface area contributed by atoms with Gasteiger partial charge in [0.2, 0.25) is 41.7 Å². The number of aliphatic hydroxyl groups excluding tert-OH is 13. The minimum absolute atomic E-state index is 0.0604. The fraction of sp³-hybridized carbons (Fsp3) is 0.644. The van der Waals surface area contributed by atoms with Crippen LogP contribution < -0.4 is 53.4 Å². The molecule has 2 aromatic rings. The highest BCUT2D eigenvalue weighted by Crippen LogP contribution is 2.33. The lowest BCUT2D eigenvalue weighted by atomic mass is 9.92. The first-order valence-corrected chi connectivity index (χ1v) is 31.2. The number of esters is 1. The molecule has 2 aromatic carbocycles. The highest BCUT2D eigenvalue weighted by Gasteiger charge is 2.55. The first kappa shape index (κ1) is 75.2. The number of aliphatic hydroxyl groups is 13. The Morgan fingerprint density at radius 2 is 1.19 bits per heavy atom. The third kappa shape index (κ3) is 17.6. The molecule has 0 bridgehead atoms. The largest absolute Gasteiger partial charge is 0.462 e. The summed E-state index contributed by atoms with van der Waals surface area (Å²) in [5.74, 6) is -9.95. The number of nitrogens with zero attached hydrogens (tertiary/aromatic N) is 3. The Kier molecular flexibility index (Phi) is 25.8. The summed E-state index contributed by atoms with van der Waals surface area (Å²) in [7, 11) is 0. The molecule has 538 valence electrons. The summed E-state index contributed by atoms with van der Waals surface area (Å²) in [6, 6.07) is 0.741.